The van der Waals surface area contributed by atoms with Gasteiger partial charge in [0.25, 0.3) is 0 Å². The molecule has 0 amide bonds. The summed E-state index contributed by atoms with van der Waals surface area (Å²) in [6.07, 6.45) is 0. The minimum absolute atomic E-state index is 1.11. The number of hydrogen-bond donors (Lipinski definition) is 0. The van der Waals surface area contributed by atoms with Crippen molar-refractivity contribution in [1.29, 1.82) is 0 Å². The lowest BCUT2D eigenvalue weighted by Crippen LogP contribution is -2.09. The van der Waals surface area contributed by atoms with Crippen LogP contribution in [0.2, 0.25) is 0 Å². The molecule has 10 aromatic carbocycles. The van der Waals surface area contributed by atoms with Crippen molar-refractivity contribution in [2.45, 2.75) is 0 Å². The van der Waals surface area contributed by atoms with Gasteiger partial charge in [0.05, 0.1) is 33.4 Å². The smallest absolute Gasteiger partial charge is 0.0795 e. The van der Waals surface area contributed by atoms with E-state index in [1.807, 2.05) is 0 Å². The average Bonchev–Trinajstić information content (AvgIpc) is 3.83. The van der Waals surface area contributed by atoms with E-state index in [4.69, 9.17) is 0 Å². The second-order valence-electron chi connectivity index (χ2n) is 15.3. The number of anilines is 3. The Morgan fingerprint density at radius 1 is 0.305 bits per heavy atom. The van der Waals surface area contributed by atoms with Crippen LogP contribution >= 0.6 is 0 Å². The van der Waals surface area contributed by atoms with Gasteiger partial charge in [0.1, 0.15) is 0 Å². The first kappa shape index (κ1) is 33.3. The number of para-hydroxylation sites is 4. The molecule has 0 saturated carbocycles. The van der Waals surface area contributed by atoms with E-state index >= 15 is 0 Å². The van der Waals surface area contributed by atoms with Crippen molar-refractivity contribution < 1.29 is 0 Å². The molecule has 0 unspecified atom stereocenters. The standard InChI is InChI=1S/C56H37N3/c1-3-21-41(22-4-1)57(42-23-5-2-6-24-42)43-35-33-40(34-36-43)48-37-49-46-27-11-13-29-52(46)58(50-31-15-19-38-17-7-9-25-44(38)50)55(49)56-54(48)47-28-12-14-30-53(47)59(56)51-32-16-20-39-18-8-10-26-45(39)51/h1-37H. The molecular formula is C56H37N3. The largest absolute Gasteiger partial charge is 0.311 e. The first-order valence-corrected chi connectivity index (χ1v) is 20.3. The summed E-state index contributed by atoms with van der Waals surface area (Å²) in [6.45, 7) is 0. The van der Waals surface area contributed by atoms with Crippen LogP contribution < -0.4 is 4.90 Å². The van der Waals surface area contributed by atoms with Gasteiger partial charge in [-0.25, -0.2) is 0 Å². The molecule has 0 atom stereocenters. The van der Waals surface area contributed by atoms with Crippen molar-refractivity contribution in [3.05, 3.63) is 224 Å². The van der Waals surface area contributed by atoms with Crippen LogP contribution in [0.25, 0.3) is 87.7 Å². The molecule has 276 valence electrons. The number of aromatic nitrogens is 2. The van der Waals surface area contributed by atoms with Gasteiger partial charge in [-0.3, -0.25) is 0 Å². The van der Waals surface area contributed by atoms with Gasteiger partial charge in [-0.05, 0) is 88.6 Å². The molecule has 12 rings (SSSR count). The van der Waals surface area contributed by atoms with Gasteiger partial charge >= 0.3 is 0 Å². The number of hydrogen-bond acceptors (Lipinski definition) is 1. The predicted octanol–water partition coefficient (Wildman–Crippen LogP) is 15.3. The van der Waals surface area contributed by atoms with Crippen molar-refractivity contribution in [3.8, 4) is 22.5 Å². The van der Waals surface area contributed by atoms with Gasteiger partial charge in [-0.2, -0.15) is 0 Å². The second kappa shape index (κ2) is 13.4. The summed E-state index contributed by atoms with van der Waals surface area (Å²) in [5, 5.41) is 9.79. The molecule has 0 radical (unpaired) electrons. The van der Waals surface area contributed by atoms with E-state index in [1.165, 1.54) is 87.7 Å². The summed E-state index contributed by atoms with van der Waals surface area (Å²) in [5.74, 6) is 0. The maximum atomic E-state index is 2.54. The summed E-state index contributed by atoms with van der Waals surface area (Å²) in [6, 6.07) is 81.7. The van der Waals surface area contributed by atoms with Crippen LogP contribution in [0.4, 0.5) is 17.1 Å². The van der Waals surface area contributed by atoms with E-state index in [0.717, 1.165) is 17.1 Å². The van der Waals surface area contributed by atoms with Crippen LogP contribution in [0.15, 0.2) is 224 Å². The molecule has 0 saturated heterocycles. The third-order valence-electron chi connectivity index (χ3n) is 12.1. The number of benzene rings is 10. The summed E-state index contributed by atoms with van der Waals surface area (Å²) in [7, 11) is 0. The topological polar surface area (TPSA) is 13.1 Å². The second-order valence-corrected chi connectivity index (χ2v) is 15.3. The van der Waals surface area contributed by atoms with Crippen LogP contribution in [-0.2, 0) is 0 Å². The highest BCUT2D eigenvalue weighted by Crippen LogP contribution is 2.48. The monoisotopic (exact) mass is 751 g/mol. The lowest BCUT2D eigenvalue weighted by Gasteiger charge is -2.25. The number of rotatable bonds is 6. The fourth-order valence-electron chi connectivity index (χ4n) is 9.52. The zero-order valence-electron chi connectivity index (χ0n) is 32.2. The van der Waals surface area contributed by atoms with E-state index in [1.54, 1.807) is 0 Å². The fourth-order valence-corrected chi connectivity index (χ4v) is 9.52. The van der Waals surface area contributed by atoms with Crippen molar-refractivity contribution in [3.63, 3.8) is 0 Å². The fraction of sp³-hybridized carbons (Fsp3) is 0. The van der Waals surface area contributed by atoms with Crippen molar-refractivity contribution in [2.24, 2.45) is 0 Å². The Morgan fingerprint density at radius 3 is 1.34 bits per heavy atom. The Kier molecular flexibility index (Phi) is 7.54. The highest BCUT2D eigenvalue weighted by atomic mass is 15.1. The lowest BCUT2D eigenvalue weighted by atomic mass is 9.96. The molecule has 2 heterocycles. The molecule has 12 aromatic rings. The van der Waals surface area contributed by atoms with E-state index in [2.05, 4.69) is 238 Å². The van der Waals surface area contributed by atoms with Crippen molar-refractivity contribution in [1.82, 2.24) is 9.13 Å². The molecule has 0 aliphatic heterocycles. The molecule has 3 heteroatoms. The Bertz CT molecular complexity index is 3490. The van der Waals surface area contributed by atoms with Crippen LogP contribution in [0.1, 0.15) is 0 Å². The molecule has 0 fully saturated rings. The zero-order valence-corrected chi connectivity index (χ0v) is 32.2. The highest BCUT2D eigenvalue weighted by Gasteiger charge is 2.25. The van der Waals surface area contributed by atoms with Crippen LogP contribution in [-0.4, -0.2) is 9.13 Å². The lowest BCUT2D eigenvalue weighted by molar-refractivity contribution is 1.17. The first-order valence-electron chi connectivity index (χ1n) is 20.3. The van der Waals surface area contributed by atoms with Crippen molar-refractivity contribution in [2.75, 3.05) is 4.90 Å². The quantitative estimate of drug-likeness (QED) is 0.165. The number of fused-ring (bicyclic) bond motifs is 9. The predicted molar refractivity (Wildman–Crippen MR) is 250 cm³/mol. The molecule has 0 aliphatic carbocycles. The van der Waals surface area contributed by atoms with Gasteiger partial charge in [0.15, 0.2) is 0 Å². The minimum atomic E-state index is 1.11. The minimum Gasteiger partial charge on any atom is -0.311 e. The van der Waals surface area contributed by atoms with Crippen LogP contribution in [0.3, 0.4) is 0 Å². The molecule has 59 heavy (non-hydrogen) atoms. The van der Waals surface area contributed by atoms with Crippen LogP contribution in [0, 0.1) is 0 Å². The van der Waals surface area contributed by atoms with E-state index < -0.39 is 0 Å². The molecule has 0 spiro atoms. The summed E-state index contributed by atoms with van der Waals surface area (Å²) in [4.78, 5) is 2.33. The summed E-state index contributed by atoms with van der Waals surface area (Å²) >= 11 is 0. The normalized spacial score (nSPS) is 11.7. The summed E-state index contributed by atoms with van der Waals surface area (Å²) < 4.78 is 5.07. The van der Waals surface area contributed by atoms with Gasteiger partial charge in [-0.1, -0.05) is 158 Å². The first-order chi connectivity index (χ1) is 29.3. The van der Waals surface area contributed by atoms with Gasteiger partial charge in [0, 0.05) is 49.4 Å². The Hall–Kier alpha value is -7.88. The Morgan fingerprint density at radius 2 is 0.746 bits per heavy atom. The molecular weight excluding hydrogens is 715 g/mol. The maximum Gasteiger partial charge on any atom is 0.0795 e. The zero-order chi connectivity index (χ0) is 38.9. The molecule has 3 nitrogen and oxygen atoms in total. The molecule has 2 aromatic heterocycles. The molecule has 0 N–H and O–H groups in total. The Balaban J connectivity index is 1.22. The van der Waals surface area contributed by atoms with Crippen molar-refractivity contribution >= 4 is 82.2 Å². The molecule has 0 aliphatic rings. The van der Waals surface area contributed by atoms with Gasteiger partial charge in [0.2, 0.25) is 0 Å². The van der Waals surface area contributed by atoms with Gasteiger partial charge < -0.3 is 14.0 Å². The third-order valence-corrected chi connectivity index (χ3v) is 12.1. The Labute approximate surface area is 341 Å². The summed E-state index contributed by atoms with van der Waals surface area (Å²) in [5.41, 5.74) is 12.8. The average molecular weight is 752 g/mol. The molecule has 0 bridgehead atoms. The van der Waals surface area contributed by atoms with E-state index in [9.17, 15) is 0 Å². The van der Waals surface area contributed by atoms with Crippen LogP contribution in [0.5, 0.6) is 0 Å². The highest BCUT2D eigenvalue weighted by molar-refractivity contribution is 6.28. The van der Waals surface area contributed by atoms with Gasteiger partial charge in [-0.15, -0.1) is 0 Å². The third kappa shape index (κ3) is 5.15. The van der Waals surface area contributed by atoms with E-state index in [-0.39, 0.29) is 0 Å². The SMILES string of the molecule is c1ccc(N(c2ccccc2)c2ccc(-c3cc4c5ccccc5n(-c5cccc6ccccc56)c4c4c3c3ccccc3n4-c3cccc4ccccc34)cc2)cc1. The maximum absolute atomic E-state index is 2.54. The van der Waals surface area contributed by atoms with E-state index in [0.29, 0.717) is 0 Å². The number of nitrogens with zero attached hydrogens (tertiary/aromatic N) is 3.